The van der Waals surface area contributed by atoms with Crippen molar-refractivity contribution >= 4 is 5.78 Å². The fourth-order valence-electron chi connectivity index (χ4n) is 1.30. The van der Waals surface area contributed by atoms with Crippen molar-refractivity contribution < 1.29 is 4.79 Å². The summed E-state index contributed by atoms with van der Waals surface area (Å²) in [6.07, 6.45) is 1.35. The molecule has 0 atom stereocenters. The second-order valence-corrected chi connectivity index (χ2v) is 3.30. The van der Waals surface area contributed by atoms with E-state index >= 15 is 0 Å². The summed E-state index contributed by atoms with van der Waals surface area (Å²) in [6.45, 7) is 9.56. The minimum Gasteiger partial charge on any atom is -0.289 e. The van der Waals surface area contributed by atoms with Crippen LogP contribution in [0.4, 0.5) is 0 Å². The number of ketones is 1. The fraction of sp³-hybridized carbons (Fsp3) is 0.250. The van der Waals surface area contributed by atoms with Crippen LogP contribution in [0.5, 0.6) is 0 Å². The molecule has 0 radical (unpaired) electrons. The molecule has 0 spiro atoms. The highest BCUT2D eigenvalue weighted by Gasteiger charge is 2.04. The van der Waals surface area contributed by atoms with Gasteiger partial charge in [0, 0.05) is 5.56 Å². The van der Waals surface area contributed by atoms with Crippen LogP contribution in [-0.4, -0.2) is 5.78 Å². The molecule has 1 rings (SSSR count). The van der Waals surface area contributed by atoms with Gasteiger partial charge in [-0.1, -0.05) is 6.58 Å². The van der Waals surface area contributed by atoms with Crippen molar-refractivity contribution in [1.82, 2.24) is 0 Å². The molecule has 1 heteroatoms. The van der Waals surface area contributed by atoms with Crippen molar-refractivity contribution in [1.29, 1.82) is 0 Å². The Morgan fingerprint density at radius 2 is 1.69 bits per heavy atom. The summed E-state index contributed by atoms with van der Waals surface area (Å²) in [5, 5.41) is 0. The molecule has 0 unspecified atom stereocenters. The first kappa shape index (κ1) is 9.72. The SMILES string of the molecule is C=CC(=O)c1cc(C)c(C)c(C)c1. The second kappa shape index (κ2) is 3.56. The lowest BCUT2D eigenvalue weighted by Crippen LogP contribution is -1.97. The molecule has 0 aromatic heterocycles. The molecule has 0 saturated heterocycles. The fourth-order valence-corrected chi connectivity index (χ4v) is 1.30. The first-order valence-electron chi connectivity index (χ1n) is 4.31. The molecular weight excluding hydrogens is 160 g/mol. The molecule has 68 valence electrons. The average Bonchev–Trinajstić information content (AvgIpc) is 2.12. The number of allylic oxidation sites excluding steroid dienone is 1. The second-order valence-electron chi connectivity index (χ2n) is 3.30. The van der Waals surface area contributed by atoms with Gasteiger partial charge in [0.2, 0.25) is 0 Å². The molecule has 1 aromatic rings. The van der Waals surface area contributed by atoms with Crippen molar-refractivity contribution in [3.8, 4) is 0 Å². The highest BCUT2D eigenvalue weighted by atomic mass is 16.1. The van der Waals surface area contributed by atoms with Gasteiger partial charge in [-0.15, -0.1) is 0 Å². The van der Waals surface area contributed by atoms with E-state index < -0.39 is 0 Å². The van der Waals surface area contributed by atoms with E-state index in [1.165, 1.54) is 11.6 Å². The Balaban J connectivity index is 3.28. The Morgan fingerprint density at radius 3 is 2.08 bits per heavy atom. The number of rotatable bonds is 2. The Bertz CT molecular complexity index is 338. The third-order valence-electron chi connectivity index (χ3n) is 2.40. The first-order valence-corrected chi connectivity index (χ1v) is 4.31. The summed E-state index contributed by atoms with van der Waals surface area (Å²) < 4.78 is 0. The Morgan fingerprint density at radius 1 is 1.23 bits per heavy atom. The van der Waals surface area contributed by atoms with Crippen LogP contribution >= 0.6 is 0 Å². The van der Waals surface area contributed by atoms with E-state index in [4.69, 9.17) is 0 Å². The zero-order chi connectivity index (χ0) is 10.0. The van der Waals surface area contributed by atoms with Crippen molar-refractivity contribution in [3.05, 3.63) is 47.0 Å². The van der Waals surface area contributed by atoms with Crippen LogP contribution in [-0.2, 0) is 0 Å². The van der Waals surface area contributed by atoms with E-state index in [0.29, 0.717) is 0 Å². The number of carbonyl (C=O) groups is 1. The van der Waals surface area contributed by atoms with Gasteiger partial charge in [-0.3, -0.25) is 4.79 Å². The monoisotopic (exact) mass is 174 g/mol. The Kier molecular flexibility index (Phi) is 2.66. The summed E-state index contributed by atoms with van der Waals surface area (Å²) in [6, 6.07) is 3.82. The van der Waals surface area contributed by atoms with Crippen molar-refractivity contribution in [2.75, 3.05) is 0 Å². The number of aryl methyl sites for hydroxylation is 2. The summed E-state index contributed by atoms with van der Waals surface area (Å²) in [5.41, 5.74) is 4.30. The minimum atomic E-state index is -0.00815. The highest BCUT2D eigenvalue weighted by Crippen LogP contribution is 2.15. The molecule has 13 heavy (non-hydrogen) atoms. The van der Waals surface area contributed by atoms with Gasteiger partial charge in [-0.2, -0.15) is 0 Å². The van der Waals surface area contributed by atoms with E-state index in [2.05, 4.69) is 13.5 Å². The van der Waals surface area contributed by atoms with Crippen molar-refractivity contribution in [3.63, 3.8) is 0 Å². The predicted octanol–water partition coefficient (Wildman–Crippen LogP) is 2.98. The van der Waals surface area contributed by atoms with Gasteiger partial charge in [0.1, 0.15) is 0 Å². The van der Waals surface area contributed by atoms with Crippen LogP contribution in [0.15, 0.2) is 24.8 Å². The molecule has 0 heterocycles. The summed E-state index contributed by atoms with van der Waals surface area (Å²) in [5.74, 6) is -0.00815. The average molecular weight is 174 g/mol. The maximum Gasteiger partial charge on any atom is 0.185 e. The molecule has 1 aromatic carbocycles. The smallest absolute Gasteiger partial charge is 0.185 e. The number of hydrogen-bond acceptors (Lipinski definition) is 1. The molecule has 0 aliphatic carbocycles. The highest BCUT2D eigenvalue weighted by molar-refractivity contribution is 6.04. The molecule has 0 fully saturated rings. The summed E-state index contributed by atoms with van der Waals surface area (Å²) in [7, 11) is 0. The predicted molar refractivity (Wildman–Crippen MR) is 55.2 cm³/mol. The third-order valence-corrected chi connectivity index (χ3v) is 2.40. The van der Waals surface area contributed by atoms with Crippen LogP contribution in [0.3, 0.4) is 0 Å². The van der Waals surface area contributed by atoms with Crippen LogP contribution in [0.1, 0.15) is 27.0 Å². The normalized spacial score (nSPS) is 9.77. The molecule has 0 saturated carbocycles. The van der Waals surface area contributed by atoms with Gasteiger partial charge in [-0.25, -0.2) is 0 Å². The quantitative estimate of drug-likeness (QED) is 0.497. The number of carbonyl (C=O) groups excluding carboxylic acids is 1. The third kappa shape index (κ3) is 1.86. The maximum absolute atomic E-state index is 11.3. The van der Waals surface area contributed by atoms with E-state index in [1.807, 2.05) is 26.0 Å². The van der Waals surface area contributed by atoms with Crippen molar-refractivity contribution in [2.24, 2.45) is 0 Å². The van der Waals surface area contributed by atoms with E-state index in [9.17, 15) is 4.79 Å². The molecule has 0 N–H and O–H groups in total. The van der Waals surface area contributed by atoms with Crippen molar-refractivity contribution in [2.45, 2.75) is 20.8 Å². The minimum absolute atomic E-state index is 0.00815. The van der Waals surface area contributed by atoms with Gasteiger partial charge < -0.3 is 0 Å². The zero-order valence-corrected chi connectivity index (χ0v) is 8.35. The van der Waals surface area contributed by atoms with Gasteiger partial charge >= 0.3 is 0 Å². The summed E-state index contributed by atoms with van der Waals surface area (Å²) in [4.78, 5) is 11.3. The zero-order valence-electron chi connectivity index (χ0n) is 8.35. The standard InChI is InChI=1S/C12H14O/c1-5-12(13)11-6-8(2)10(4)9(3)7-11/h5-7H,1H2,2-4H3. The molecule has 0 aliphatic heterocycles. The number of benzene rings is 1. The Labute approximate surface area is 79.1 Å². The lowest BCUT2D eigenvalue weighted by molar-refractivity contribution is 0.104. The van der Waals surface area contributed by atoms with Gasteiger partial charge in [-0.05, 0) is 55.7 Å². The van der Waals surface area contributed by atoms with Crippen LogP contribution < -0.4 is 0 Å². The molecule has 1 nitrogen and oxygen atoms in total. The largest absolute Gasteiger partial charge is 0.289 e. The van der Waals surface area contributed by atoms with Gasteiger partial charge in [0.15, 0.2) is 5.78 Å². The molecular formula is C12H14O. The van der Waals surface area contributed by atoms with Crippen LogP contribution in [0.2, 0.25) is 0 Å². The van der Waals surface area contributed by atoms with E-state index in [0.717, 1.165) is 16.7 Å². The molecule has 0 bridgehead atoms. The van der Waals surface area contributed by atoms with Crippen LogP contribution in [0, 0.1) is 20.8 Å². The van der Waals surface area contributed by atoms with E-state index in [-0.39, 0.29) is 5.78 Å². The Hall–Kier alpha value is -1.37. The maximum atomic E-state index is 11.3. The molecule has 0 aliphatic rings. The summed E-state index contributed by atoms with van der Waals surface area (Å²) >= 11 is 0. The molecule has 0 amide bonds. The first-order chi connectivity index (χ1) is 6.06. The van der Waals surface area contributed by atoms with E-state index in [1.54, 1.807) is 0 Å². The lowest BCUT2D eigenvalue weighted by Gasteiger charge is -2.06. The van der Waals surface area contributed by atoms with Gasteiger partial charge in [0.25, 0.3) is 0 Å². The topological polar surface area (TPSA) is 17.1 Å². The lowest BCUT2D eigenvalue weighted by atomic mass is 9.99. The van der Waals surface area contributed by atoms with Crippen LogP contribution in [0.25, 0.3) is 0 Å². The number of hydrogen-bond donors (Lipinski definition) is 0. The van der Waals surface area contributed by atoms with Gasteiger partial charge in [0.05, 0.1) is 0 Å².